The van der Waals surface area contributed by atoms with Gasteiger partial charge in [-0.25, -0.2) is 4.79 Å². The molecule has 0 aromatic heterocycles. The molecule has 164 valence electrons. The van der Waals surface area contributed by atoms with Crippen LogP contribution in [-0.4, -0.2) is 56.9 Å². The number of aliphatic imine (C=N–C) groups is 1. The van der Waals surface area contributed by atoms with E-state index in [4.69, 9.17) is 9.47 Å². The number of unbranched alkanes of at least 4 members (excludes halogenated alkanes) is 2. The maximum atomic E-state index is 12.1. The molecule has 1 aromatic rings. The molecule has 2 N–H and O–H groups in total. The molecule has 0 atom stereocenters. The summed E-state index contributed by atoms with van der Waals surface area (Å²) in [7, 11) is 5.25. The Kier molecular flexibility index (Phi) is 11.1. The van der Waals surface area contributed by atoms with Crippen molar-refractivity contribution in [3.05, 3.63) is 35.4 Å². The zero-order chi connectivity index (χ0) is 21.7. The number of hydrogen-bond donors (Lipinski definition) is 2. The highest BCUT2D eigenvalue weighted by Crippen LogP contribution is 2.12. The summed E-state index contributed by atoms with van der Waals surface area (Å²) in [6.45, 7) is 8.50. The minimum Gasteiger partial charge on any atom is -0.444 e. The number of benzene rings is 1. The summed E-state index contributed by atoms with van der Waals surface area (Å²) in [4.78, 5) is 17.9. The normalized spacial score (nSPS) is 11.9. The first-order valence-electron chi connectivity index (χ1n) is 10.2. The monoisotopic (exact) mass is 406 g/mol. The van der Waals surface area contributed by atoms with Crippen molar-refractivity contribution in [1.29, 1.82) is 0 Å². The topological polar surface area (TPSA) is 75.2 Å². The second-order valence-corrected chi connectivity index (χ2v) is 8.06. The van der Waals surface area contributed by atoms with Gasteiger partial charge in [-0.05, 0) is 51.2 Å². The number of nitrogens with one attached hydrogen (secondary N) is 2. The van der Waals surface area contributed by atoms with Gasteiger partial charge in [0.2, 0.25) is 0 Å². The Morgan fingerprint density at radius 2 is 1.72 bits per heavy atom. The van der Waals surface area contributed by atoms with E-state index in [9.17, 15) is 4.79 Å². The molecule has 0 aliphatic heterocycles. The minimum absolute atomic E-state index is 0.319. The van der Waals surface area contributed by atoms with Crippen LogP contribution in [0.25, 0.3) is 0 Å². The lowest BCUT2D eigenvalue weighted by Crippen LogP contribution is -2.37. The molecule has 0 saturated heterocycles. The third-order valence-electron chi connectivity index (χ3n) is 4.15. The molecule has 7 nitrogen and oxygen atoms in total. The summed E-state index contributed by atoms with van der Waals surface area (Å²) in [6, 6.07) is 8.18. The highest BCUT2D eigenvalue weighted by molar-refractivity contribution is 5.79. The van der Waals surface area contributed by atoms with Gasteiger partial charge < -0.3 is 25.0 Å². The number of ether oxygens (including phenoxy) is 2. The van der Waals surface area contributed by atoms with Crippen molar-refractivity contribution in [1.82, 2.24) is 15.5 Å². The van der Waals surface area contributed by atoms with Crippen LogP contribution in [0.5, 0.6) is 0 Å². The summed E-state index contributed by atoms with van der Waals surface area (Å²) >= 11 is 0. The second-order valence-electron chi connectivity index (χ2n) is 8.06. The Morgan fingerprint density at radius 1 is 1.07 bits per heavy atom. The molecule has 1 aromatic carbocycles. The van der Waals surface area contributed by atoms with Crippen molar-refractivity contribution < 1.29 is 14.3 Å². The largest absolute Gasteiger partial charge is 0.444 e. The zero-order valence-electron chi connectivity index (χ0n) is 18.9. The van der Waals surface area contributed by atoms with Crippen molar-refractivity contribution >= 4 is 12.1 Å². The van der Waals surface area contributed by atoms with E-state index in [-0.39, 0.29) is 6.09 Å². The number of guanidine groups is 1. The predicted octanol–water partition coefficient (Wildman–Crippen LogP) is 3.54. The first kappa shape index (κ1) is 24.8. The lowest BCUT2D eigenvalue weighted by atomic mass is 10.1. The van der Waals surface area contributed by atoms with Gasteiger partial charge in [0.25, 0.3) is 0 Å². The first-order valence-corrected chi connectivity index (χ1v) is 10.2. The summed E-state index contributed by atoms with van der Waals surface area (Å²) in [6.07, 6.45) is 2.99. The van der Waals surface area contributed by atoms with Gasteiger partial charge in [0, 0.05) is 47.4 Å². The van der Waals surface area contributed by atoms with Gasteiger partial charge in [0.1, 0.15) is 5.60 Å². The molecule has 1 rings (SSSR count). The number of rotatable bonds is 10. The van der Waals surface area contributed by atoms with E-state index in [0.717, 1.165) is 49.5 Å². The molecule has 0 saturated carbocycles. The molecular formula is C22H38N4O3. The number of carbonyl (C=O) groups is 1. The molecule has 7 heteroatoms. The van der Waals surface area contributed by atoms with Crippen LogP contribution in [0.4, 0.5) is 4.79 Å². The van der Waals surface area contributed by atoms with Crippen molar-refractivity contribution in [2.24, 2.45) is 4.99 Å². The smallest absolute Gasteiger partial charge is 0.410 e. The predicted molar refractivity (Wildman–Crippen MR) is 118 cm³/mol. The van der Waals surface area contributed by atoms with E-state index in [2.05, 4.69) is 27.8 Å². The van der Waals surface area contributed by atoms with E-state index >= 15 is 0 Å². The van der Waals surface area contributed by atoms with Crippen molar-refractivity contribution in [2.75, 3.05) is 34.4 Å². The van der Waals surface area contributed by atoms with Gasteiger partial charge in [0.05, 0.1) is 0 Å². The van der Waals surface area contributed by atoms with E-state index in [1.807, 2.05) is 32.9 Å². The van der Waals surface area contributed by atoms with Gasteiger partial charge in [-0.15, -0.1) is 0 Å². The molecule has 1 amide bonds. The molecule has 0 unspecified atom stereocenters. The third-order valence-corrected chi connectivity index (χ3v) is 4.15. The van der Waals surface area contributed by atoms with Gasteiger partial charge in [-0.1, -0.05) is 24.3 Å². The number of hydrogen-bond acceptors (Lipinski definition) is 4. The molecule has 0 radical (unpaired) electrons. The van der Waals surface area contributed by atoms with E-state index in [1.165, 1.54) is 0 Å². The molecular weight excluding hydrogens is 368 g/mol. The highest BCUT2D eigenvalue weighted by atomic mass is 16.6. The summed E-state index contributed by atoms with van der Waals surface area (Å²) in [5.74, 6) is 0.797. The maximum absolute atomic E-state index is 12.1. The van der Waals surface area contributed by atoms with E-state index < -0.39 is 5.60 Å². The average Bonchev–Trinajstić information content (AvgIpc) is 2.66. The minimum atomic E-state index is -0.489. The van der Waals surface area contributed by atoms with Crippen LogP contribution in [0.1, 0.15) is 51.2 Å². The molecule has 0 heterocycles. The lowest BCUT2D eigenvalue weighted by Gasteiger charge is -2.24. The SMILES string of the molecule is CN=C(NCCCCCOC)NCc1ccc(CN(C)C(=O)OC(C)(C)C)cc1. The van der Waals surface area contributed by atoms with E-state index in [0.29, 0.717) is 13.1 Å². The molecule has 0 aliphatic carbocycles. The van der Waals surface area contributed by atoms with Crippen molar-refractivity contribution in [3.63, 3.8) is 0 Å². The first-order chi connectivity index (χ1) is 13.7. The number of methoxy groups -OCH3 is 1. The molecule has 0 bridgehead atoms. The van der Waals surface area contributed by atoms with Crippen LogP contribution in [0, 0.1) is 0 Å². The number of amides is 1. The highest BCUT2D eigenvalue weighted by Gasteiger charge is 2.19. The Labute approximate surface area is 175 Å². The average molecular weight is 407 g/mol. The van der Waals surface area contributed by atoms with Crippen LogP contribution >= 0.6 is 0 Å². The van der Waals surface area contributed by atoms with Crippen molar-refractivity contribution in [2.45, 2.75) is 58.7 Å². The van der Waals surface area contributed by atoms with Crippen LogP contribution < -0.4 is 10.6 Å². The van der Waals surface area contributed by atoms with Gasteiger partial charge in [0.15, 0.2) is 5.96 Å². The van der Waals surface area contributed by atoms with Gasteiger partial charge in [-0.2, -0.15) is 0 Å². The lowest BCUT2D eigenvalue weighted by molar-refractivity contribution is 0.0285. The fourth-order valence-electron chi connectivity index (χ4n) is 2.60. The Bertz CT molecular complexity index is 624. The molecule has 0 aliphatic rings. The molecule has 0 fully saturated rings. The fourth-order valence-corrected chi connectivity index (χ4v) is 2.60. The zero-order valence-corrected chi connectivity index (χ0v) is 18.9. The van der Waals surface area contributed by atoms with Crippen LogP contribution in [0.3, 0.4) is 0 Å². The third kappa shape index (κ3) is 11.3. The van der Waals surface area contributed by atoms with Gasteiger partial charge >= 0.3 is 6.09 Å². The van der Waals surface area contributed by atoms with Crippen LogP contribution in [0.2, 0.25) is 0 Å². The van der Waals surface area contributed by atoms with Crippen LogP contribution in [0.15, 0.2) is 29.3 Å². The molecule has 0 spiro atoms. The Balaban J connectivity index is 2.38. The van der Waals surface area contributed by atoms with Gasteiger partial charge in [-0.3, -0.25) is 4.99 Å². The molecule has 29 heavy (non-hydrogen) atoms. The summed E-state index contributed by atoms with van der Waals surface area (Å²) in [5, 5.41) is 6.65. The van der Waals surface area contributed by atoms with Crippen LogP contribution in [-0.2, 0) is 22.6 Å². The number of nitrogens with zero attached hydrogens (tertiary/aromatic N) is 2. The number of carbonyl (C=O) groups excluding carboxylic acids is 1. The van der Waals surface area contributed by atoms with Crippen molar-refractivity contribution in [3.8, 4) is 0 Å². The maximum Gasteiger partial charge on any atom is 0.410 e. The second kappa shape index (κ2) is 13.0. The Morgan fingerprint density at radius 3 is 2.31 bits per heavy atom. The van der Waals surface area contributed by atoms with E-state index in [1.54, 1.807) is 26.1 Å². The quantitative estimate of drug-likeness (QED) is 0.353. The Hall–Kier alpha value is -2.28. The fraction of sp³-hybridized carbons (Fsp3) is 0.636. The standard InChI is InChI=1S/C22H38N4O3/c1-22(2,3)29-21(27)26(5)17-19-12-10-18(11-13-19)16-25-20(23-4)24-14-8-7-9-15-28-6/h10-13H,7-9,14-17H2,1-6H3,(H2,23,24,25). The summed E-state index contributed by atoms with van der Waals surface area (Å²) in [5.41, 5.74) is 1.72. The summed E-state index contributed by atoms with van der Waals surface area (Å²) < 4.78 is 10.4.